The van der Waals surface area contributed by atoms with Crippen molar-refractivity contribution < 1.29 is 0 Å². The number of hydrogen-bond donors (Lipinski definition) is 1. The maximum atomic E-state index is 5.86. The Balaban J connectivity index is 0.00000196. The van der Waals surface area contributed by atoms with Crippen LogP contribution >= 0.6 is 12.4 Å². The molecular formula is C21H19ClN4. The average Bonchev–Trinajstić information content (AvgIpc) is 2.68. The van der Waals surface area contributed by atoms with E-state index in [1.54, 1.807) is 6.20 Å². The van der Waals surface area contributed by atoms with Crippen LogP contribution in [0, 0.1) is 0 Å². The summed E-state index contributed by atoms with van der Waals surface area (Å²) in [6.45, 7) is 2.09. The first kappa shape index (κ1) is 17.8. The quantitative estimate of drug-likeness (QED) is 0.561. The van der Waals surface area contributed by atoms with Crippen LogP contribution < -0.4 is 5.73 Å². The predicted octanol–water partition coefficient (Wildman–Crippen LogP) is 4.93. The number of nitrogen functional groups attached to an aromatic ring is 1. The molecule has 0 aliphatic rings. The van der Waals surface area contributed by atoms with Crippen LogP contribution in [0.5, 0.6) is 0 Å². The molecule has 0 spiro atoms. The molecule has 4 aromatic rings. The number of rotatable bonds is 3. The first-order valence-electron chi connectivity index (χ1n) is 8.33. The Morgan fingerprint density at radius 3 is 2.46 bits per heavy atom. The molecular weight excluding hydrogens is 344 g/mol. The summed E-state index contributed by atoms with van der Waals surface area (Å²) in [7, 11) is 0. The number of fused-ring (bicyclic) bond motifs is 1. The minimum absolute atomic E-state index is 0. The van der Waals surface area contributed by atoms with Gasteiger partial charge < -0.3 is 5.73 Å². The molecule has 3 aromatic heterocycles. The summed E-state index contributed by atoms with van der Waals surface area (Å²) in [5.74, 6) is 0.544. The average molecular weight is 363 g/mol. The highest BCUT2D eigenvalue weighted by Gasteiger charge is 2.12. The Labute approximate surface area is 158 Å². The van der Waals surface area contributed by atoms with Gasteiger partial charge in [0.25, 0.3) is 0 Å². The third-order valence-corrected chi connectivity index (χ3v) is 4.27. The number of aromatic nitrogens is 3. The molecule has 0 aliphatic carbocycles. The zero-order valence-corrected chi connectivity index (χ0v) is 15.2. The van der Waals surface area contributed by atoms with Crippen LogP contribution in [0.2, 0.25) is 0 Å². The van der Waals surface area contributed by atoms with E-state index in [1.165, 1.54) is 0 Å². The first-order chi connectivity index (χ1) is 12.3. The number of anilines is 1. The molecule has 4 rings (SSSR count). The van der Waals surface area contributed by atoms with Gasteiger partial charge in [0.15, 0.2) is 0 Å². The monoisotopic (exact) mass is 362 g/mol. The number of benzene rings is 1. The van der Waals surface area contributed by atoms with Crippen LogP contribution in [0.4, 0.5) is 5.82 Å². The molecule has 0 unspecified atom stereocenters. The van der Waals surface area contributed by atoms with Gasteiger partial charge in [-0.2, -0.15) is 0 Å². The van der Waals surface area contributed by atoms with Gasteiger partial charge in [-0.15, -0.1) is 12.4 Å². The van der Waals surface area contributed by atoms with E-state index in [0.717, 1.165) is 45.5 Å². The third kappa shape index (κ3) is 3.24. The minimum Gasteiger partial charge on any atom is -0.384 e. The second kappa shape index (κ2) is 7.50. The Kier molecular flexibility index (Phi) is 5.14. The van der Waals surface area contributed by atoms with Crippen LogP contribution in [0.15, 0.2) is 66.9 Å². The fourth-order valence-electron chi connectivity index (χ4n) is 3.05. The van der Waals surface area contributed by atoms with E-state index in [0.29, 0.717) is 5.82 Å². The highest BCUT2D eigenvalue weighted by molar-refractivity contribution is 5.95. The summed E-state index contributed by atoms with van der Waals surface area (Å²) in [5, 5.41) is 1.09. The molecule has 1 aromatic carbocycles. The molecule has 4 nitrogen and oxygen atoms in total. The Bertz CT molecular complexity index is 1050. The van der Waals surface area contributed by atoms with Crippen molar-refractivity contribution >= 4 is 29.1 Å². The standard InChI is InChI=1S/C21H18N4.ClH/c1-2-17-15(10-12-20(22)24-17)16-7-5-6-14-9-11-19(25-21(14)16)18-8-3-4-13-23-18;/h3-13H,2H2,1H3,(H2,22,24);1H. The van der Waals surface area contributed by atoms with Gasteiger partial charge in [0.1, 0.15) is 5.82 Å². The molecule has 0 saturated carbocycles. The Hall–Kier alpha value is -2.98. The lowest BCUT2D eigenvalue weighted by molar-refractivity contribution is 1.05. The topological polar surface area (TPSA) is 64.7 Å². The molecule has 26 heavy (non-hydrogen) atoms. The van der Waals surface area contributed by atoms with Crippen molar-refractivity contribution in [1.82, 2.24) is 15.0 Å². The molecule has 3 heterocycles. The fourth-order valence-corrected chi connectivity index (χ4v) is 3.05. The SMILES string of the molecule is CCc1nc(N)ccc1-c1cccc2ccc(-c3ccccn3)nc12.Cl. The third-order valence-electron chi connectivity index (χ3n) is 4.27. The number of para-hydroxylation sites is 1. The number of hydrogen-bond acceptors (Lipinski definition) is 4. The smallest absolute Gasteiger partial charge is 0.123 e. The van der Waals surface area contributed by atoms with Crippen LogP contribution in [-0.2, 0) is 6.42 Å². The maximum absolute atomic E-state index is 5.86. The van der Waals surface area contributed by atoms with E-state index >= 15 is 0 Å². The number of pyridine rings is 3. The van der Waals surface area contributed by atoms with Crippen LogP contribution in [0.3, 0.4) is 0 Å². The van der Waals surface area contributed by atoms with Crippen LogP contribution in [0.25, 0.3) is 33.4 Å². The van der Waals surface area contributed by atoms with Crippen molar-refractivity contribution in [3.8, 4) is 22.5 Å². The van der Waals surface area contributed by atoms with Gasteiger partial charge >= 0.3 is 0 Å². The summed E-state index contributed by atoms with van der Waals surface area (Å²) < 4.78 is 0. The largest absolute Gasteiger partial charge is 0.384 e. The Morgan fingerprint density at radius 1 is 0.808 bits per heavy atom. The van der Waals surface area contributed by atoms with Gasteiger partial charge in [-0.1, -0.05) is 37.3 Å². The second-order valence-corrected chi connectivity index (χ2v) is 5.87. The zero-order valence-electron chi connectivity index (χ0n) is 14.4. The number of halogens is 1. The van der Waals surface area contributed by atoms with E-state index in [2.05, 4.69) is 41.2 Å². The number of nitrogens with two attached hydrogens (primary N) is 1. The summed E-state index contributed by atoms with van der Waals surface area (Å²) in [4.78, 5) is 13.8. The first-order valence-corrected chi connectivity index (χ1v) is 8.33. The van der Waals surface area contributed by atoms with Crippen molar-refractivity contribution in [1.29, 1.82) is 0 Å². The molecule has 0 fully saturated rings. The molecule has 0 radical (unpaired) electrons. The fraction of sp³-hybridized carbons (Fsp3) is 0.0952. The summed E-state index contributed by atoms with van der Waals surface area (Å²) in [6.07, 6.45) is 2.60. The molecule has 0 bridgehead atoms. The van der Waals surface area contributed by atoms with Crippen LogP contribution in [0.1, 0.15) is 12.6 Å². The van der Waals surface area contributed by atoms with Gasteiger partial charge in [-0.25, -0.2) is 9.97 Å². The van der Waals surface area contributed by atoms with Gasteiger partial charge in [0.2, 0.25) is 0 Å². The summed E-state index contributed by atoms with van der Waals surface area (Å²) >= 11 is 0. The van der Waals surface area contributed by atoms with Crippen molar-refractivity contribution in [3.05, 3.63) is 72.6 Å². The van der Waals surface area contributed by atoms with Gasteiger partial charge in [0.05, 0.1) is 22.6 Å². The lowest BCUT2D eigenvalue weighted by Gasteiger charge is -2.11. The highest BCUT2D eigenvalue weighted by atomic mass is 35.5. The van der Waals surface area contributed by atoms with Crippen molar-refractivity contribution in [2.24, 2.45) is 0 Å². The second-order valence-electron chi connectivity index (χ2n) is 5.87. The number of aryl methyl sites for hydroxylation is 1. The molecule has 0 atom stereocenters. The molecule has 0 saturated heterocycles. The highest BCUT2D eigenvalue weighted by Crippen LogP contribution is 2.31. The van der Waals surface area contributed by atoms with Crippen LogP contribution in [-0.4, -0.2) is 15.0 Å². The molecule has 2 N–H and O–H groups in total. The molecule has 130 valence electrons. The molecule has 0 aliphatic heterocycles. The van der Waals surface area contributed by atoms with E-state index in [1.807, 2.05) is 36.4 Å². The summed E-state index contributed by atoms with van der Waals surface area (Å²) in [5.41, 5.74) is 11.7. The van der Waals surface area contributed by atoms with Crippen molar-refractivity contribution in [2.75, 3.05) is 5.73 Å². The lowest BCUT2D eigenvalue weighted by Crippen LogP contribution is -1.98. The van der Waals surface area contributed by atoms with E-state index < -0.39 is 0 Å². The van der Waals surface area contributed by atoms with Gasteiger partial charge in [-0.05, 0) is 36.8 Å². The maximum Gasteiger partial charge on any atom is 0.123 e. The number of nitrogens with zero attached hydrogens (tertiary/aromatic N) is 3. The van der Waals surface area contributed by atoms with E-state index in [-0.39, 0.29) is 12.4 Å². The van der Waals surface area contributed by atoms with Gasteiger partial charge in [-0.3, -0.25) is 4.98 Å². The molecule has 0 amide bonds. The van der Waals surface area contributed by atoms with E-state index in [9.17, 15) is 0 Å². The van der Waals surface area contributed by atoms with E-state index in [4.69, 9.17) is 10.7 Å². The lowest BCUT2D eigenvalue weighted by atomic mass is 9.99. The zero-order chi connectivity index (χ0) is 17.2. The summed E-state index contributed by atoms with van der Waals surface area (Å²) in [6, 6.07) is 20.0. The van der Waals surface area contributed by atoms with Crippen molar-refractivity contribution in [2.45, 2.75) is 13.3 Å². The Morgan fingerprint density at radius 2 is 1.69 bits per heavy atom. The normalized spacial score (nSPS) is 10.5. The minimum atomic E-state index is 0. The van der Waals surface area contributed by atoms with Gasteiger partial charge in [0, 0.05) is 22.7 Å². The molecule has 5 heteroatoms. The van der Waals surface area contributed by atoms with Crippen molar-refractivity contribution in [3.63, 3.8) is 0 Å². The predicted molar refractivity (Wildman–Crippen MR) is 109 cm³/mol.